The number of rotatable bonds is 4. The molecule has 2 N–H and O–H groups in total. The third kappa shape index (κ3) is 3.20. The van der Waals surface area contributed by atoms with Crippen molar-refractivity contribution in [2.45, 2.75) is 37.6 Å². The normalized spacial score (nSPS) is 21.2. The zero-order valence-electron chi connectivity index (χ0n) is 14.9. The van der Waals surface area contributed by atoms with Crippen LogP contribution in [0.25, 0.3) is 0 Å². The largest absolute Gasteiger partial charge is 0.497 e. The zero-order chi connectivity index (χ0) is 18.0. The van der Waals surface area contributed by atoms with Gasteiger partial charge in [0.15, 0.2) is 6.10 Å². The second-order valence-corrected chi connectivity index (χ2v) is 6.82. The van der Waals surface area contributed by atoms with Gasteiger partial charge in [-0.3, -0.25) is 4.79 Å². The smallest absolute Gasteiger partial charge is 0.251 e. The summed E-state index contributed by atoms with van der Waals surface area (Å²) in [6.45, 7) is 2.67. The molecule has 4 rings (SSSR count). The van der Waals surface area contributed by atoms with Gasteiger partial charge in [-0.2, -0.15) is 0 Å². The number of fused-ring (bicyclic) bond motifs is 2. The molecule has 138 valence electrons. The highest BCUT2D eigenvalue weighted by molar-refractivity contribution is 5.81. The van der Waals surface area contributed by atoms with Crippen LogP contribution in [0.2, 0.25) is 0 Å². The predicted molar refractivity (Wildman–Crippen MR) is 95.7 cm³/mol. The Kier molecular flexibility index (Phi) is 4.65. The topological polar surface area (TPSA) is 77.4 Å². The lowest BCUT2D eigenvalue weighted by Crippen LogP contribution is -2.53. The number of benzene rings is 1. The number of amides is 1. The monoisotopic (exact) mass is 356 g/mol. The van der Waals surface area contributed by atoms with E-state index in [1.165, 1.54) is 0 Å². The molecule has 0 saturated carbocycles. The molecule has 0 bridgehead atoms. The lowest BCUT2D eigenvalue weighted by atomic mass is 9.89. The average molecular weight is 356 g/mol. The summed E-state index contributed by atoms with van der Waals surface area (Å²) in [6.07, 6.45) is 4.86. The van der Waals surface area contributed by atoms with Gasteiger partial charge in [-0.05, 0) is 43.6 Å². The molecule has 2 aliphatic heterocycles. The number of imidazole rings is 1. The molecule has 1 fully saturated rings. The summed E-state index contributed by atoms with van der Waals surface area (Å²) in [5.41, 5.74) is 0.527. The Hall–Kier alpha value is -2.38. The molecule has 2 aliphatic rings. The second kappa shape index (κ2) is 7.09. The lowest BCUT2D eigenvalue weighted by Gasteiger charge is -2.43. The van der Waals surface area contributed by atoms with Crippen LogP contribution < -0.4 is 15.4 Å². The Balaban J connectivity index is 1.46. The minimum absolute atomic E-state index is 0.0925. The molecular weight excluding hydrogens is 332 g/mol. The summed E-state index contributed by atoms with van der Waals surface area (Å²) in [5, 5.41) is 6.35. The molecule has 7 nitrogen and oxygen atoms in total. The summed E-state index contributed by atoms with van der Waals surface area (Å²) < 4.78 is 13.6. The maximum absolute atomic E-state index is 12.8. The van der Waals surface area contributed by atoms with Gasteiger partial charge in [-0.25, -0.2) is 4.98 Å². The second-order valence-electron chi connectivity index (χ2n) is 6.82. The van der Waals surface area contributed by atoms with E-state index in [1.54, 1.807) is 13.3 Å². The van der Waals surface area contributed by atoms with E-state index in [1.807, 2.05) is 30.5 Å². The van der Waals surface area contributed by atoms with E-state index in [0.717, 1.165) is 43.1 Å². The third-order valence-electron chi connectivity index (χ3n) is 5.16. The molecule has 0 aliphatic carbocycles. The highest BCUT2D eigenvalue weighted by Crippen LogP contribution is 2.38. The van der Waals surface area contributed by atoms with Crippen LogP contribution in [0.4, 0.5) is 0 Å². The predicted octanol–water partition coefficient (Wildman–Crippen LogP) is 1.19. The first-order valence-corrected chi connectivity index (χ1v) is 9.01. The number of aromatic nitrogens is 2. The molecule has 1 unspecified atom stereocenters. The molecule has 1 amide bonds. The minimum Gasteiger partial charge on any atom is -0.497 e. The van der Waals surface area contributed by atoms with E-state index < -0.39 is 11.7 Å². The average Bonchev–Trinajstić information content (AvgIpc) is 3.17. The van der Waals surface area contributed by atoms with E-state index >= 15 is 0 Å². The van der Waals surface area contributed by atoms with Crippen molar-refractivity contribution < 1.29 is 14.3 Å². The van der Waals surface area contributed by atoms with E-state index in [9.17, 15) is 4.79 Å². The van der Waals surface area contributed by atoms with E-state index in [-0.39, 0.29) is 5.91 Å². The van der Waals surface area contributed by atoms with Crippen LogP contribution in [-0.4, -0.2) is 41.8 Å². The van der Waals surface area contributed by atoms with Gasteiger partial charge < -0.3 is 24.7 Å². The van der Waals surface area contributed by atoms with Crippen LogP contribution in [0, 0.1) is 0 Å². The van der Waals surface area contributed by atoms with Crippen LogP contribution in [-0.2, 0) is 28.2 Å². The van der Waals surface area contributed by atoms with E-state index in [2.05, 4.69) is 20.2 Å². The highest BCUT2D eigenvalue weighted by Gasteiger charge is 2.45. The summed E-state index contributed by atoms with van der Waals surface area (Å²) in [4.78, 5) is 17.3. The molecule has 0 radical (unpaired) electrons. The molecule has 1 aromatic heterocycles. The molecular formula is C19H24N4O3. The van der Waals surface area contributed by atoms with Crippen molar-refractivity contribution in [3.05, 3.63) is 48.0 Å². The van der Waals surface area contributed by atoms with Gasteiger partial charge in [-0.15, -0.1) is 0 Å². The Morgan fingerprint density at radius 2 is 2.31 bits per heavy atom. The Labute approximate surface area is 152 Å². The summed E-state index contributed by atoms with van der Waals surface area (Å²) in [7, 11) is 1.63. The molecule has 1 saturated heterocycles. The number of hydrogen-bond donors (Lipinski definition) is 2. The minimum atomic E-state index is -0.514. The van der Waals surface area contributed by atoms with Gasteiger partial charge in [0.2, 0.25) is 0 Å². The third-order valence-corrected chi connectivity index (χ3v) is 5.16. The number of piperidine rings is 1. The summed E-state index contributed by atoms with van der Waals surface area (Å²) in [6, 6.07) is 7.69. The summed E-state index contributed by atoms with van der Waals surface area (Å²) >= 11 is 0. The van der Waals surface area contributed by atoms with Gasteiger partial charge in [0.05, 0.1) is 13.7 Å². The lowest BCUT2D eigenvalue weighted by molar-refractivity contribution is -0.168. The maximum atomic E-state index is 12.8. The van der Waals surface area contributed by atoms with Crippen LogP contribution in [0.5, 0.6) is 5.75 Å². The fourth-order valence-electron chi connectivity index (χ4n) is 3.79. The van der Waals surface area contributed by atoms with Gasteiger partial charge in [0, 0.05) is 18.9 Å². The van der Waals surface area contributed by atoms with Crippen molar-refractivity contribution >= 4 is 5.91 Å². The maximum Gasteiger partial charge on any atom is 0.251 e. The van der Waals surface area contributed by atoms with Crippen molar-refractivity contribution in [2.75, 3.05) is 20.2 Å². The fraction of sp³-hybridized carbons (Fsp3) is 0.474. The van der Waals surface area contributed by atoms with Gasteiger partial charge in [0.25, 0.3) is 5.91 Å². The first kappa shape index (κ1) is 17.1. The fourth-order valence-corrected chi connectivity index (χ4v) is 3.79. The molecule has 1 aromatic carbocycles. The molecule has 7 heteroatoms. The van der Waals surface area contributed by atoms with Crippen molar-refractivity contribution in [1.82, 2.24) is 20.2 Å². The van der Waals surface area contributed by atoms with Crippen molar-refractivity contribution in [1.29, 1.82) is 0 Å². The van der Waals surface area contributed by atoms with Gasteiger partial charge in [-0.1, -0.05) is 12.1 Å². The Bertz CT molecular complexity index is 783. The van der Waals surface area contributed by atoms with Crippen molar-refractivity contribution in [3.8, 4) is 5.75 Å². The number of nitrogens with one attached hydrogen (secondary N) is 2. The Morgan fingerprint density at radius 3 is 3.12 bits per heavy atom. The van der Waals surface area contributed by atoms with E-state index in [0.29, 0.717) is 13.1 Å². The highest BCUT2D eigenvalue weighted by atomic mass is 16.5. The van der Waals surface area contributed by atoms with Crippen LogP contribution in [0.15, 0.2) is 36.7 Å². The SMILES string of the molecule is COc1cccc(CNC(=O)C2Cn3ccnc3C3(CCNCC3)O2)c1. The van der Waals surface area contributed by atoms with E-state index in [4.69, 9.17) is 9.47 Å². The van der Waals surface area contributed by atoms with Crippen LogP contribution >= 0.6 is 0 Å². The molecule has 26 heavy (non-hydrogen) atoms. The first-order valence-electron chi connectivity index (χ1n) is 9.01. The molecule has 2 aromatic rings. The molecule has 1 spiro atoms. The number of hydrogen-bond acceptors (Lipinski definition) is 5. The quantitative estimate of drug-likeness (QED) is 0.860. The number of carbonyl (C=O) groups excluding carboxylic acids is 1. The number of methoxy groups -OCH3 is 1. The number of nitrogens with zero attached hydrogens (tertiary/aromatic N) is 2. The van der Waals surface area contributed by atoms with Crippen LogP contribution in [0.1, 0.15) is 24.2 Å². The van der Waals surface area contributed by atoms with Gasteiger partial charge >= 0.3 is 0 Å². The number of carbonyl (C=O) groups is 1. The first-order chi connectivity index (χ1) is 12.7. The van der Waals surface area contributed by atoms with Crippen LogP contribution in [0.3, 0.4) is 0 Å². The standard InChI is InChI=1S/C19H24N4O3/c1-25-15-4-2-3-14(11-15)12-22-17(24)16-13-23-10-9-21-18(23)19(26-16)5-7-20-8-6-19/h2-4,9-11,16,20H,5-8,12-13H2,1H3,(H,22,24). The molecule has 1 atom stereocenters. The zero-order valence-corrected chi connectivity index (χ0v) is 14.9. The van der Waals surface area contributed by atoms with Gasteiger partial charge in [0.1, 0.15) is 17.2 Å². The Morgan fingerprint density at radius 1 is 1.46 bits per heavy atom. The number of ether oxygens (including phenoxy) is 2. The molecule has 3 heterocycles. The summed E-state index contributed by atoms with van der Waals surface area (Å²) in [5.74, 6) is 1.63. The van der Waals surface area contributed by atoms with Crippen molar-refractivity contribution in [2.24, 2.45) is 0 Å². The van der Waals surface area contributed by atoms with Crippen molar-refractivity contribution in [3.63, 3.8) is 0 Å².